The molecule has 1 N–H and O–H groups in total. The van der Waals surface area contributed by atoms with Gasteiger partial charge in [0.2, 0.25) is 10.9 Å². The number of thiazole rings is 1. The third-order valence-electron chi connectivity index (χ3n) is 5.52. The fraction of sp³-hybridized carbons (Fsp3) is 0.208. The molecule has 33 heavy (non-hydrogen) atoms. The highest BCUT2D eigenvalue weighted by atomic mass is 32.1. The number of hydrogen-bond acceptors (Lipinski definition) is 6. The Morgan fingerprint density at radius 2 is 1.64 bits per heavy atom. The second kappa shape index (κ2) is 8.25. The first-order valence-electron chi connectivity index (χ1n) is 10.6. The lowest BCUT2D eigenvalue weighted by molar-refractivity contribution is -0.120. The summed E-state index contributed by atoms with van der Waals surface area (Å²) in [6, 6.07) is 15.4. The van der Waals surface area contributed by atoms with Gasteiger partial charge in [0.05, 0.1) is 16.8 Å². The minimum absolute atomic E-state index is 0.0770. The first-order valence-corrected chi connectivity index (χ1v) is 11.5. The summed E-state index contributed by atoms with van der Waals surface area (Å²) in [7, 11) is 0. The van der Waals surface area contributed by atoms with E-state index in [1.54, 1.807) is 28.8 Å². The average Bonchev–Trinajstić information content (AvgIpc) is 3.45. The Labute approximate surface area is 193 Å². The summed E-state index contributed by atoms with van der Waals surface area (Å²) >= 11 is 1.41. The van der Waals surface area contributed by atoms with Gasteiger partial charge in [0, 0.05) is 10.9 Å². The molecule has 166 valence electrons. The second-order valence-electron chi connectivity index (χ2n) is 8.28. The van der Waals surface area contributed by atoms with Crippen LogP contribution in [0, 0.1) is 5.92 Å². The van der Waals surface area contributed by atoms with Crippen molar-refractivity contribution in [1.82, 2.24) is 19.5 Å². The molecule has 1 aliphatic heterocycles. The van der Waals surface area contributed by atoms with Crippen LogP contribution in [0.4, 0.5) is 5.95 Å². The van der Waals surface area contributed by atoms with E-state index >= 15 is 0 Å². The summed E-state index contributed by atoms with van der Waals surface area (Å²) in [5.74, 6) is -1.19. The molecule has 0 spiro atoms. The molecule has 3 amide bonds. The van der Waals surface area contributed by atoms with E-state index in [1.165, 1.54) is 11.3 Å². The van der Waals surface area contributed by atoms with Gasteiger partial charge in [0.1, 0.15) is 6.04 Å². The number of hydrogen-bond donors (Lipinski definition) is 1. The molecule has 0 bridgehead atoms. The van der Waals surface area contributed by atoms with Crippen LogP contribution >= 0.6 is 11.3 Å². The number of carbonyl (C=O) groups is 3. The molecule has 0 fully saturated rings. The number of fused-ring (bicyclic) bond motifs is 2. The molecular weight excluding hydrogens is 438 g/mol. The van der Waals surface area contributed by atoms with Crippen LogP contribution in [-0.2, 0) is 4.79 Å². The van der Waals surface area contributed by atoms with E-state index in [4.69, 9.17) is 0 Å². The van der Waals surface area contributed by atoms with Crippen LogP contribution in [0.5, 0.6) is 0 Å². The third-order valence-corrected chi connectivity index (χ3v) is 6.34. The maximum atomic E-state index is 13.3. The monoisotopic (exact) mass is 459 g/mol. The van der Waals surface area contributed by atoms with Crippen LogP contribution in [-0.4, -0.2) is 43.3 Å². The van der Waals surface area contributed by atoms with E-state index in [9.17, 15) is 14.4 Å². The zero-order valence-electron chi connectivity index (χ0n) is 18.1. The molecule has 0 radical (unpaired) electrons. The van der Waals surface area contributed by atoms with Gasteiger partial charge in [0.15, 0.2) is 0 Å². The van der Waals surface area contributed by atoms with E-state index in [0.29, 0.717) is 22.5 Å². The van der Waals surface area contributed by atoms with Gasteiger partial charge in [-0.1, -0.05) is 56.3 Å². The molecule has 1 unspecified atom stereocenters. The number of amides is 3. The lowest BCUT2D eigenvalue weighted by atomic mass is 10.0. The van der Waals surface area contributed by atoms with Gasteiger partial charge in [0.25, 0.3) is 17.8 Å². The zero-order valence-corrected chi connectivity index (χ0v) is 18.9. The number of carbonyl (C=O) groups excluding carboxylic acids is 3. The van der Waals surface area contributed by atoms with Crippen LogP contribution in [0.2, 0.25) is 0 Å². The maximum absolute atomic E-state index is 13.3. The largest absolute Gasteiger partial charge is 0.291 e. The molecule has 0 saturated carbocycles. The number of benzene rings is 2. The number of aromatic nitrogens is 3. The van der Waals surface area contributed by atoms with Crippen molar-refractivity contribution >= 4 is 40.0 Å². The topological polar surface area (TPSA) is 96.7 Å². The normalized spacial score (nSPS) is 14.2. The Morgan fingerprint density at radius 1 is 1.00 bits per heavy atom. The fourth-order valence-corrected chi connectivity index (χ4v) is 4.83. The predicted octanol–water partition coefficient (Wildman–Crippen LogP) is 4.11. The molecule has 2 aromatic carbocycles. The quantitative estimate of drug-likeness (QED) is 0.438. The number of nitrogens with one attached hydrogen (secondary N) is 1. The molecular formula is C24H21N5O3S. The van der Waals surface area contributed by atoms with Gasteiger partial charge in [-0.2, -0.15) is 4.98 Å². The minimum atomic E-state index is -0.965. The molecule has 0 saturated heterocycles. The third kappa shape index (κ3) is 3.70. The number of anilines is 1. The molecule has 0 aliphatic carbocycles. The Morgan fingerprint density at radius 3 is 2.27 bits per heavy atom. The molecule has 5 rings (SSSR count). The summed E-state index contributed by atoms with van der Waals surface area (Å²) in [5.41, 5.74) is 2.48. The van der Waals surface area contributed by atoms with Gasteiger partial charge in [-0.15, -0.1) is 16.4 Å². The van der Waals surface area contributed by atoms with Gasteiger partial charge >= 0.3 is 0 Å². The van der Waals surface area contributed by atoms with Crippen molar-refractivity contribution in [3.8, 4) is 11.3 Å². The summed E-state index contributed by atoms with van der Waals surface area (Å²) in [6.07, 6.45) is 0.328. The van der Waals surface area contributed by atoms with E-state index < -0.39 is 23.8 Å². The van der Waals surface area contributed by atoms with Crippen molar-refractivity contribution in [1.29, 1.82) is 0 Å². The molecule has 9 heteroatoms. The number of rotatable bonds is 6. The number of nitrogens with zero attached hydrogens (tertiary/aromatic N) is 4. The van der Waals surface area contributed by atoms with Crippen molar-refractivity contribution in [2.75, 3.05) is 5.32 Å². The van der Waals surface area contributed by atoms with Crippen molar-refractivity contribution < 1.29 is 14.4 Å². The van der Waals surface area contributed by atoms with Gasteiger partial charge in [-0.05, 0) is 24.5 Å². The van der Waals surface area contributed by atoms with Crippen molar-refractivity contribution in [2.24, 2.45) is 5.92 Å². The van der Waals surface area contributed by atoms with Gasteiger partial charge < -0.3 is 0 Å². The van der Waals surface area contributed by atoms with Gasteiger partial charge in [-0.25, -0.2) is 4.52 Å². The van der Waals surface area contributed by atoms with Crippen LogP contribution in [0.25, 0.3) is 16.2 Å². The highest BCUT2D eigenvalue weighted by molar-refractivity contribution is 7.15. The average molecular weight is 460 g/mol. The highest BCUT2D eigenvalue weighted by Crippen LogP contribution is 2.28. The Hall–Kier alpha value is -3.85. The fourth-order valence-electron chi connectivity index (χ4n) is 4.00. The summed E-state index contributed by atoms with van der Waals surface area (Å²) < 4.78 is 1.68. The van der Waals surface area contributed by atoms with Crippen LogP contribution in [0.1, 0.15) is 41.0 Å². The zero-order chi connectivity index (χ0) is 23.1. The predicted molar refractivity (Wildman–Crippen MR) is 125 cm³/mol. The van der Waals surface area contributed by atoms with E-state index in [-0.39, 0.29) is 11.9 Å². The summed E-state index contributed by atoms with van der Waals surface area (Å²) in [4.78, 5) is 45.4. The Kier molecular flexibility index (Phi) is 5.26. The lowest BCUT2D eigenvalue weighted by Crippen LogP contribution is -2.48. The molecule has 1 atom stereocenters. The Balaban J connectivity index is 1.43. The van der Waals surface area contributed by atoms with E-state index in [0.717, 1.165) is 16.2 Å². The van der Waals surface area contributed by atoms with Crippen molar-refractivity contribution in [3.05, 3.63) is 71.1 Å². The standard InChI is InChI=1S/C24H21N5O3S/c1-14(2)12-18(28-21(31)16-10-6-7-11-17(16)22(28)32)20(30)25-23-26-24-29(27-23)19(13-33-24)15-8-4-3-5-9-15/h3-11,13-14,18H,12H2,1-2H3,(H,25,27,30). The van der Waals surface area contributed by atoms with Crippen LogP contribution in [0.3, 0.4) is 0 Å². The molecule has 2 aromatic heterocycles. The summed E-state index contributed by atoms with van der Waals surface area (Å²) in [6.45, 7) is 3.88. The lowest BCUT2D eigenvalue weighted by Gasteiger charge is -2.26. The van der Waals surface area contributed by atoms with Crippen molar-refractivity contribution in [3.63, 3.8) is 0 Å². The van der Waals surface area contributed by atoms with Crippen LogP contribution in [0.15, 0.2) is 60.0 Å². The molecule has 1 aliphatic rings. The van der Waals surface area contributed by atoms with E-state index in [2.05, 4.69) is 15.4 Å². The van der Waals surface area contributed by atoms with E-state index in [1.807, 2.05) is 49.6 Å². The summed E-state index contributed by atoms with van der Waals surface area (Å²) in [5, 5.41) is 9.13. The molecule has 3 heterocycles. The highest BCUT2D eigenvalue weighted by Gasteiger charge is 2.43. The minimum Gasteiger partial charge on any atom is -0.291 e. The maximum Gasteiger partial charge on any atom is 0.262 e. The molecule has 8 nitrogen and oxygen atoms in total. The first kappa shape index (κ1) is 21.0. The van der Waals surface area contributed by atoms with Crippen molar-refractivity contribution in [2.45, 2.75) is 26.3 Å². The Bertz CT molecular complexity index is 1340. The van der Waals surface area contributed by atoms with Gasteiger partial charge in [-0.3, -0.25) is 24.6 Å². The smallest absolute Gasteiger partial charge is 0.262 e. The second-order valence-corrected chi connectivity index (χ2v) is 9.11. The number of imide groups is 1. The SMILES string of the molecule is CC(C)CC(C(=O)Nc1nc2scc(-c3ccccc3)n2n1)N1C(=O)c2ccccc2C1=O. The van der Waals surface area contributed by atoms with Crippen LogP contribution < -0.4 is 5.32 Å². The molecule has 4 aromatic rings. The first-order chi connectivity index (χ1) is 15.9.